The highest BCUT2D eigenvalue weighted by molar-refractivity contribution is 5.95. The molecule has 0 atom stereocenters. The molecule has 0 saturated heterocycles. The summed E-state index contributed by atoms with van der Waals surface area (Å²) in [5.74, 6) is 0.209. The molecule has 0 radical (unpaired) electrons. The largest absolute Gasteiger partial charge is 0.366 e. The van der Waals surface area contributed by atoms with E-state index in [1.54, 1.807) is 0 Å². The summed E-state index contributed by atoms with van der Waals surface area (Å²) in [6, 6.07) is 0. The molecule has 12 heavy (non-hydrogen) atoms. The predicted molar refractivity (Wildman–Crippen MR) is 49.4 cm³/mol. The number of amides is 1. The van der Waals surface area contributed by atoms with Crippen molar-refractivity contribution < 1.29 is 4.79 Å². The maximum absolute atomic E-state index is 10.8. The minimum absolute atomic E-state index is 0.312. The quantitative estimate of drug-likeness (QED) is 0.665. The van der Waals surface area contributed by atoms with E-state index in [1.807, 2.05) is 12.2 Å². The molecular formula is C10H15NO. The zero-order valence-corrected chi connectivity index (χ0v) is 7.63. The summed E-state index contributed by atoms with van der Waals surface area (Å²) in [6.07, 6.45) is 5.85. The molecule has 0 saturated carbocycles. The Kier molecular flexibility index (Phi) is 2.69. The maximum atomic E-state index is 10.8. The normalized spacial score (nSPS) is 17.2. The van der Waals surface area contributed by atoms with Crippen LogP contribution in [0.3, 0.4) is 0 Å². The van der Waals surface area contributed by atoms with E-state index in [1.165, 1.54) is 5.57 Å². The lowest BCUT2D eigenvalue weighted by atomic mass is 9.91. The molecule has 2 nitrogen and oxygen atoms in total. The molecule has 1 aliphatic rings. The van der Waals surface area contributed by atoms with E-state index in [4.69, 9.17) is 5.73 Å². The molecule has 1 rings (SSSR count). The lowest BCUT2D eigenvalue weighted by Crippen LogP contribution is -2.15. The Labute approximate surface area is 73.1 Å². The molecule has 0 fully saturated rings. The van der Waals surface area contributed by atoms with Crippen LogP contribution in [0.5, 0.6) is 0 Å². The first-order valence-electron chi connectivity index (χ1n) is 4.31. The van der Waals surface area contributed by atoms with E-state index >= 15 is 0 Å². The Bertz CT molecular complexity index is 249. The van der Waals surface area contributed by atoms with Crippen LogP contribution < -0.4 is 5.73 Å². The molecule has 0 bridgehead atoms. The third kappa shape index (κ3) is 1.97. The van der Waals surface area contributed by atoms with Crippen molar-refractivity contribution in [2.24, 2.45) is 11.7 Å². The molecule has 1 aliphatic carbocycles. The highest BCUT2D eigenvalue weighted by atomic mass is 16.1. The topological polar surface area (TPSA) is 43.1 Å². The molecule has 1 amide bonds. The van der Waals surface area contributed by atoms with Gasteiger partial charge in [0, 0.05) is 5.57 Å². The second kappa shape index (κ2) is 3.57. The molecule has 66 valence electrons. The van der Waals surface area contributed by atoms with E-state index in [-0.39, 0.29) is 5.91 Å². The number of carbonyl (C=O) groups is 1. The van der Waals surface area contributed by atoms with Crippen LogP contribution in [0.25, 0.3) is 0 Å². The number of hydrogen-bond acceptors (Lipinski definition) is 1. The van der Waals surface area contributed by atoms with Crippen LogP contribution in [0.2, 0.25) is 0 Å². The summed E-state index contributed by atoms with van der Waals surface area (Å²) in [4.78, 5) is 10.8. The van der Waals surface area contributed by atoms with Crippen LogP contribution in [0.1, 0.15) is 26.7 Å². The van der Waals surface area contributed by atoms with Crippen molar-refractivity contribution in [1.82, 2.24) is 0 Å². The van der Waals surface area contributed by atoms with Crippen LogP contribution in [-0.4, -0.2) is 5.91 Å². The third-order valence-corrected chi connectivity index (χ3v) is 2.16. The Morgan fingerprint density at radius 2 is 2.25 bits per heavy atom. The standard InChI is InChI=1S/C10H15NO/c1-7(2)8-4-3-5-9(6-8)10(11)12/h5-7H,3-4H2,1-2H3,(H2,11,12). The first kappa shape index (κ1) is 9.04. The van der Waals surface area contributed by atoms with E-state index in [0.717, 1.165) is 12.8 Å². The zero-order valence-electron chi connectivity index (χ0n) is 7.63. The molecule has 0 heterocycles. The molecule has 0 aromatic rings. The average Bonchev–Trinajstić information content (AvgIpc) is 2.04. The number of hydrogen-bond donors (Lipinski definition) is 1. The van der Waals surface area contributed by atoms with Gasteiger partial charge < -0.3 is 5.73 Å². The van der Waals surface area contributed by atoms with Crippen LogP contribution >= 0.6 is 0 Å². The van der Waals surface area contributed by atoms with E-state index < -0.39 is 0 Å². The second-order valence-corrected chi connectivity index (χ2v) is 3.44. The Hall–Kier alpha value is -1.05. The summed E-state index contributed by atoms with van der Waals surface area (Å²) >= 11 is 0. The van der Waals surface area contributed by atoms with Crippen LogP contribution in [0, 0.1) is 5.92 Å². The van der Waals surface area contributed by atoms with Gasteiger partial charge in [0.25, 0.3) is 0 Å². The van der Waals surface area contributed by atoms with Crippen molar-refractivity contribution in [1.29, 1.82) is 0 Å². The highest BCUT2D eigenvalue weighted by Gasteiger charge is 2.11. The number of carbonyl (C=O) groups excluding carboxylic acids is 1. The van der Waals surface area contributed by atoms with Gasteiger partial charge in [-0.1, -0.05) is 31.6 Å². The van der Waals surface area contributed by atoms with Crippen molar-refractivity contribution in [2.45, 2.75) is 26.7 Å². The van der Waals surface area contributed by atoms with Gasteiger partial charge in [0.1, 0.15) is 0 Å². The average molecular weight is 165 g/mol. The SMILES string of the molecule is CC(C)C1=CC(C(N)=O)=CCC1. The first-order valence-corrected chi connectivity index (χ1v) is 4.31. The number of rotatable bonds is 2. The van der Waals surface area contributed by atoms with Crippen molar-refractivity contribution in [2.75, 3.05) is 0 Å². The van der Waals surface area contributed by atoms with E-state index in [2.05, 4.69) is 13.8 Å². The summed E-state index contributed by atoms with van der Waals surface area (Å²) in [5.41, 5.74) is 7.17. The molecule has 0 aliphatic heterocycles. The van der Waals surface area contributed by atoms with Gasteiger partial charge in [-0.25, -0.2) is 0 Å². The summed E-state index contributed by atoms with van der Waals surface area (Å²) in [5, 5.41) is 0. The number of primary amides is 1. The second-order valence-electron chi connectivity index (χ2n) is 3.44. The van der Waals surface area contributed by atoms with Crippen LogP contribution in [0.4, 0.5) is 0 Å². The van der Waals surface area contributed by atoms with Gasteiger partial charge >= 0.3 is 0 Å². The summed E-state index contributed by atoms with van der Waals surface area (Å²) in [7, 11) is 0. The molecule has 0 unspecified atom stereocenters. The van der Waals surface area contributed by atoms with Crippen molar-refractivity contribution in [3.8, 4) is 0 Å². The molecule has 0 aromatic heterocycles. The first-order chi connectivity index (χ1) is 5.61. The van der Waals surface area contributed by atoms with Crippen molar-refractivity contribution in [3.05, 3.63) is 23.3 Å². The van der Waals surface area contributed by atoms with Crippen molar-refractivity contribution >= 4 is 5.91 Å². The zero-order chi connectivity index (χ0) is 9.14. The van der Waals surface area contributed by atoms with Gasteiger partial charge in [-0.3, -0.25) is 4.79 Å². The molecule has 0 aromatic carbocycles. The Morgan fingerprint density at radius 3 is 2.75 bits per heavy atom. The van der Waals surface area contributed by atoms with E-state index in [9.17, 15) is 4.79 Å². The smallest absolute Gasteiger partial charge is 0.248 e. The van der Waals surface area contributed by atoms with Gasteiger partial charge in [0.15, 0.2) is 0 Å². The number of nitrogens with two attached hydrogens (primary N) is 1. The van der Waals surface area contributed by atoms with Crippen LogP contribution in [-0.2, 0) is 4.79 Å². The van der Waals surface area contributed by atoms with Gasteiger partial charge in [0.2, 0.25) is 5.91 Å². The van der Waals surface area contributed by atoms with Gasteiger partial charge in [-0.15, -0.1) is 0 Å². The van der Waals surface area contributed by atoms with Crippen LogP contribution in [0.15, 0.2) is 23.3 Å². The molecule has 2 heteroatoms. The predicted octanol–water partition coefficient (Wildman–Crippen LogP) is 1.77. The summed E-state index contributed by atoms with van der Waals surface area (Å²) < 4.78 is 0. The minimum Gasteiger partial charge on any atom is -0.366 e. The maximum Gasteiger partial charge on any atom is 0.248 e. The van der Waals surface area contributed by atoms with Gasteiger partial charge in [-0.05, 0) is 18.8 Å². The molecular weight excluding hydrogens is 150 g/mol. The Balaban J connectivity index is 2.81. The fourth-order valence-electron chi connectivity index (χ4n) is 1.35. The Morgan fingerprint density at radius 1 is 1.58 bits per heavy atom. The lowest BCUT2D eigenvalue weighted by molar-refractivity contribution is -0.114. The number of allylic oxidation sites excluding steroid dienone is 2. The van der Waals surface area contributed by atoms with Gasteiger partial charge in [0.05, 0.1) is 0 Å². The highest BCUT2D eigenvalue weighted by Crippen LogP contribution is 2.23. The third-order valence-electron chi connectivity index (χ3n) is 2.16. The van der Waals surface area contributed by atoms with Crippen molar-refractivity contribution in [3.63, 3.8) is 0 Å². The molecule has 2 N–H and O–H groups in total. The monoisotopic (exact) mass is 165 g/mol. The fraction of sp³-hybridized carbons (Fsp3) is 0.500. The van der Waals surface area contributed by atoms with Gasteiger partial charge in [-0.2, -0.15) is 0 Å². The molecule has 0 spiro atoms. The lowest BCUT2D eigenvalue weighted by Gasteiger charge is -2.14. The van der Waals surface area contributed by atoms with E-state index in [0.29, 0.717) is 11.5 Å². The summed E-state index contributed by atoms with van der Waals surface area (Å²) in [6.45, 7) is 4.27. The fourth-order valence-corrected chi connectivity index (χ4v) is 1.35. The minimum atomic E-state index is -0.312.